The van der Waals surface area contributed by atoms with Crippen molar-refractivity contribution >= 4 is 5.87 Å². The second kappa shape index (κ2) is 99.8. The molecule has 0 bridgehead atoms. The molecule has 0 aliphatic rings. The van der Waals surface area contributed by atoms with Crippen LogP contribution in [0.15, 0.2) is 80.5 Å². The van der Waals surface area contributed by atoms with E-state index in [0.29, 0.717) is 0 Å². The van der Waals surface area contributed by atoms with Crippen molar-refractivity contribution in [1.82, 2.24) is 18.3 Å². The number of nitriles is 5. The van der Waals surface area contributed by atoms with Crippen LogP contribution in [0.25, 0.3) is 5.41 Å². The summed E-state index contributed by atoms with van der Waals surface area (Å²) in [5, 5.41) is 46.8. The first-order chi connectivity index (χ1) is 61.3. The molecule has 0 unspecified atom stereocenters. The van der Waals surface area contributed by atoms with Crippen LogP contribution in [0.3, 0.4) is 0 Å². The standard InChI is InChI=1S/2C51H98N4.2C4N3.K/c2*1-3-5-7-9-11-13-15-17-19-21-23-25-27-30-34-38-42-52-46-48-54(50-52)44-40-36-32-29-33-37-41-45-55-49-47-53(51-55)43-39-35-31-28-26-24-22-20-18-16-14-12-10-8-6-4-2;2*5-1-4(2-6)3-7;/h2*46-51H,3-45H2,1-2H3;;;/q2*+2;2*-1;+1. The second-order valence-electron chi connectivity index (χ2n) is 37.1. The van der Waals surface area contributed by atoms with E-state index in [1.165, 1.54) is 589 Å². The van der Waals surface area contributed by atoms with Crippen molar-refractivity contribution in [3.8, 4) is 30.3 Å². The summed E-state index contributed by atoms with van der Waals surface area (Å²) in [7, 11) is 0. The zero-order chi connectivity index (χ0) is 89.3. The predicted octanol–water partition coefficient (Wildman–Crippen LogP) is 29.0. The molecule has 0 radical (unpaired) electrons. The van der Waals surface area contributed by atoms with Gasteiger partial charge < -0.3 is 5.41 Å². The Hall–Kier alpha value is -4.75. The van der Waals surface area contributed by atoms with Crippen LogP contribution >= 0.6 is 0 Å². The molecule has 0 amide bonds. The van der Waals surface area contributed by atoms with Gasteiger partial charge in [-0.3, -0.25) is 0 Å². The van der Waals surface area contributed by atoms with Gasteiger partial charge in [-0.15, -0.1) is 0 Å². The molecule has 125 heavy (non-hydrogen) atoms. The van der Waals surface area contributed by atoms with Gasteiger partial charge in [0.25, 0.3) is 0 Å². The maximum Gasteiger partial charge on any atom is 1.00 e. The van der Waals surface area contributed by atoms with E-state index in [2.05, 4.69) is 139 Å². The number of hydrogen-bond donors (Lipinski definition) is 0. The first-order valence-corrected chi connectivity index (χ1v) is 53.7. The molecule has 704 valence electrons. The monoisotopic (exact) mass is 1750 g/mol. The Kier molecular flexibility index (Phi) is 96.0. The van der Waals surface area contributed by atoms with Crippen molar-refractivity contribution in [3.05, 3.63) is 91.8 Å². The fourth-order valence-electron chi connectivity index (χ4n) is 17.3. The third kappa shape index (κ3) is 84.5. The largest absolute Gasteiger partial charge is 1.00 e. The van der Waals surface area contributed by atoms with Gasteiger partial charge in [0, 0.05) is 0 Å². The van der Waals surface area contributed by atoms with E-state index in [-0.39, 0.29) is 51.4 Å². The smallest absolute Gasteiger partial charge is 0.762 e. The minimum atomic E-state index is -0.403. The summed E-state index contributed by atoms with van der Waals surface area (Å²) in [6.07, 6.45) is 139. The van der Waals surface area contributed by atoms with Crippen molar-refractivity contribution in [2.45, 2.75) is 581 Å². The molecule has 0 aliphatic carbocycles. The Bertz CT molecular complexity index is 2760. The summed E-state index contributed by atoms with van der Waals surface area (Å²) in [5.41, 5.74) is -0.403. The summed E-state index contributed by atoms with van der Waals surface area (Å²) in [6, 6.07) is 6.98. The van der Waals surface area contributed by atoms with E-state index in [1.807, 2.05) is 0 Å². The first-order valence-electron chi connectivity index (χ1n) is 53.7. The number of imidazole rings is 4. The van der Waals surface area contributed by atoms with Crippen LogP contribution in [0.4, 0.5) is 0 Å². The third-order valence-corrected chi connectivity index (χ3v) is 25.4. The number of aromatic nitrogens is 8. The fraction of sp³-hybridized carbons (Fsp3) is 0.818. The third-order valence-electron chi connectivity index (χ3n) is 25.4. The summed E-state index contributed by atoms with van der Waals surface area (Å²) in [6.45, 7) is 18.7. The molecule has 4 rings (SSSR count). The minimum Gasteiger partial charge on any atom is -0.762 e. The summed E-state index contributed by atoms with van der Waals surface area (Å²) >= 11 is 0. The molecular weight excluding hydrogens is 1560 g/mol. The number of unbranched alkanes of at least 4 members (excludes halogenated alkanes) is 72. The average molecular weight is 1750 g/mol. The Balaban J connectivity index is 0.00000211. The molecule has 0 spiro atoms. The Morgan fingerprint density at radius 1 is 0.224 bits per heavy atom. The van der Waals surface area contributed by atoms with Crippen LogP contribution in [0.2, 0.25) is 0 Å². The number of aryl methyl sites for hydroxylation is 8. The molecule has 4 aromatic heterocycles. The van der Waals surface area contributed by atoms with Gasteiger partial charge in [0.05, 0.1) is 52.4 Å². The number of rotatable bonds is 88. The van der Waals surface area contributed by atoms with Gasteiger partial charge in [-0.05, 0) is 103 Å². The maximum atomic E-state index is 7.79. The molecule has 15 heteroatoms. The van der Waals surface area contributed by atoms with Crippen LogP contribution in [0, 0.1) is 62.6 Å². The molecule has 0 atom stereocenters. The van der Waals surface area contributed by atoms with Gasteiger partial charge in [0.15, 0.2) is 0 Å². The van der Waals surface area contributed by atoms with Crippen LogP contribution < -0.4 is 69.7 Å². The Labute approximate surface area is 816 Å². The van der Waals surface area contributed by atoms with Crippen molar-refractivity contribution in [2.75, 3.05) is 0 Å². The van der Waals surface area contributed by atoms with Crippen molar-refractivity contribution < 1.29 is 69.7 Å². The van der Waals surface area contributed by atoms with Crippen molar-refractivity contribution in [3.63, 3.8) is 0 Å². The van der Waals surface area contributed by atoms with E-state index < -0.39 is 11.5 Å². The van der Waals surface area contributed by atoms with Crippen LogP contribution in [-0.4, -0.2) is 24.1 Å². The van der Waals surface area contributed by atoms with E-state index in [4.69, 9.17) is 31.7 Å². The summed E-state index contributed by atoms with van der Waals surface area (Å²) < 4.78 is 19.3. The molecule has 0 N–H and O–H groups in total. The molecule has 4 heterocycles. The van der Waals surface area contributed by atoms with Crippen molar-refractivity contribution in [2.24, 2.45) is 0 Å². The van der Waals surface area contributed by atoms with Gasteiger partial charge in [-0.2, -0.15) is 10.5 Å². The second-order valence-corrected chi connectivity index (χ2v) is 37.1. The van der Waals surface area contributed by atoms with Crippen LogP contribution in [-0.2, 0) is 52.4 Å². The molecule has 4 aromatic rings. The van der Waals surface area contributed by atoms with E-state index in [0.717, 1.165) is 0 Å². The van der Waals surface area contributed by atoms with E-state index in [1.54, 1.807) is 0 Å². The van der Waals surface area contributed by atoms with Crippen molar-refractivity contribution in [1.29, 1.82) is 26.3 Å². The molecule has 0 aromatic carbocycles. The Morgan fingerprint density at radius 3 is 0.472 bits per heavy atom. The molecule has 0 fully saturated rings. The fourth-order valence-corrected chi connectivity index (χ4v) is 17.3. The van der Waals surface area contributed by atoms with Gasteiger partial charge in [-0.1, -0.05) is 450 Å². The molecule has 0 saturated heterocycles. The summed E-state index contributed by atoms with van der Waals surface area (Å²) in [5.74, 6) is 0.993. The molecule has 0 aliphatic heterocycles. The molecule has 14 nitrogen and oxygen atoms in total. The van der Waals surface area contributed by atoms with Gasteiger partial charge in [0.2, 0.25) is 25.3 Å². The van der Waals surface area contributed by atoms with E-state index in [9.17, 15) is 0 Å². The Morgan fingerprint density at radius 2 is 0.360 bits per heavy atom. The average Bonchev–Trinajstić information content (AvgIpc) is 1.80. The number of nitrogens with zero attached hydrogens (tertiary/aromatic N) is 14. The predicted molar refractivity (Wildman–Crippen MR) is 525 cm³/mol. The first kappa shape index (κ1) is 120. The zero-order valence-corrected chi connectivity index (χ0v) is 86.1. The van der Waals surface area contributed by atoms with E-state index >= 15 is 0 Å². The van der Waals surface area contributed by atoms with Crippen LogP contribution in [0.1, 0.15) is 529 Å². The zero-order valence-electron chi connectivity index (χ0n) is 83.0. The number of allylic oxidation sites excluding steroid dienone is 1. The maximum absolute atomic E-state index is 7.79. The van der Waals surface area contributed by atoms with Gasteiger partial charge in [-0.25, -0.2) is 58.2 Å². The minimum absolute atomic E-state index is 0. The van der Waals surface area contributed by atoms with Crippen LogP contribution in [0.5, 0.6) is 0 Å². The summed E-state index contributed by atoms with van der Waals surface area (Å²) in [4.78, 5) is 0. The van der Waals surface area contributed by atoms with Gasteiger partial charge in [0.1, 0.15) is 67.3 Å². The number of hydrogen-bond acceptors (Lipinski definition) is 5. The molecular formula is C110H196KN14+3. The quantitative estimate of drug-likeness (QED) is 0.0107. The SMILES string of the molecule is CCCCCCCCCCCCCCCCCCn1cc[n+](CCCCCCCCC[n+]2ccn(CCCCCCCCCCCCCCCCCC)c2)c1.CCCCCCCCCCCCCCCCCCn1cc[n+](CCCCCCCCC[n+]2ccn(CCCCCCCCCCCCCCCCCC)c2)c1.N#CC(=C=[N-])C#N.N#C[C-](C#N)C#N.[K+]. The normalized spacial score (nSPS) is 10.8. The topological polar surface area (TPSA) is 176 Å². The van der Waals surface area contributed by atoms with Gasteiger partial charge >= 0.3 is 51.4 Å². The molecule has 0 saturated carbocycles.